The Morgan fingerprint density at radius 2 is 1.92 bits per heavy atom. The summed E-state index contributed by atoms with van der Waals surface area (Å²) in [6.45, 7) is 3.83. The molecule has 0 aliphatic heterocycles. The van der Waals surface area contributed by atoms with Crippen molar-refractivity contribution in [2.45, 2.75) is 26.7 Å². The van der Waals surface area contributed by atoms with Crippen LogP contribution in [-0.4, -0.2) is 19.0 Å². The van der Waals surface area contributed by atoms with E-state index in [1.165, 1.54) is 0 Å². The van der Waals surface area contributed by atoms with Crippen molar-refractivity contribution in [2.75, 3.05) is 12.4 Å². The third-order valence-corrected chi connectivity index (χ3v) is 4.05. The first-order valence-corrected chi connectivity index (χ1v) is 8.10. The number of carbonyl (C=O) groups excluding carboxylic acids is 2. The molecule has 0 aliphatic carbocycles. The number of benzene rings is 2. The normalized spacial score (nSPS) is 11.6. The summed E-state index contributed by atoms with van der Waals surface area (Å²) in [6.07, 6.45) is -0.0459. The van der Waals surface area contributed by atoms with Gasteiger partial charge in [0.05, 0.1) is 7.11 Å². The van der Waals surface area contributed by atoms with Crippen LogP contribution in [0, 0.1) is 19.8 Å². The van der Waals surface area contributed by atoms with Crippen molar-refractivity contribution in [3.8, 4) is 5.75 Å². The smallest absolute Gasteiger partial charge is 0.228 e. The van der Waals surface area contributed by atoms with Crippen molar-refractivity contribution in [1.82, 2.24) is 0 Å². The molecule has 2 aromatic rings. The number of carbonyl (C=O) groups is 2. The van der Waals surface area contributed by atoms with Gasteiger partial charge in [-0.15, -0.1) is 0 Å². The molecule has 0 aliphatic rings. The lowest BCUT2D eigenvalue weighted by Gasteiger charge is -2.19. The number of anilines is 1. The second-order valence-electron chi connectivity index (χ2n) is 6.14. The van der Waals surface area contributed by atoms with Crippen LogP contribution in [-0.2, 0) is 16.0 Å². The summed E-state index contributed by atoms with van der Waals surface area (Å²) in [6, 6.07) is 13.0. The molecule has 0 aromatic heterocycles. The van der Waals surface area contributed by atoms with E-state index in [-0.39, 0.29) is 12.3 Å². The fourth-order valence-electron chi connectivity index (χ4n) is 2.65. The predicted molar refractivity (Wildman–Crippen MR) is 94.4 cm³/mol. The SMILES string of the molecule is COc1cccc(C[C@@H](CC(=O)[O-])C(=O)Nc2cc(C)ccc2C)c1. The molecule has 0 spiro atoms. The van der Waals surface area contributed by atoms with E-state index < -0.39 is 11.9 Å². The van der Waals surface area contributed by atoms with Crippen LogP contribution in [0.3, 0.4) is 0 Å². The van der Waals surface area contributed by atoms with Gasteiger partial charge in [-0.3, -0.25) is 4.79 Å². The molecule has 1 N–H and O–H groups in total. The van der Waals surface area contributed by atoms with Gasteiger partial charge in [0, 0.05) is 17.6 Å². The van der Waals surface area contributed by atoms with Crippen molar-refractivity contribution >= 4 is 17.6 Å². The minimum atomic E-state index is -1.25. The number of ether oxygens (including phenoxy) is 1. The van der Waals surface area contributed by atoms with E-state index in [9.17, 15) is 14.7 Å². The molecule has 2 aromatic carbocycles. The highest BCUT2D eigenvalue weighted by Crippen LogP contribution is 2.21. The molecule has 132 valence electrons. The number of hydrogen-bond donors (Lipinski definition) is 1. The number of rotatable bonds is 7. The molecule has 0 saturated heterocycles. The molecular weight excluding hydrogens is 318 g/mol. The van der Waals surface area contributed by atoms with E-state index in [4.69, 9.17) is 4.74 Å². The molecule has 0 heterocycles. The Labute approximate surface area is 147 Å². The van der Waals surface area contributed by atoms with Crippen molar-refractivity contribution in [3.05, 3.63) is 59.2 Å². The van der Waals surface area contributed by atoms with Gasteiger partial charge >= 0.3 is 0 Å². The first-order valence-electron chi connectivity index (χ1n) is 8.10. The molecule has 2 rings (SSSR count). The van der Waals surface area contributed by atoms with Gasteiger partial charge in [-0.25, -0.2) is 0 Å². The number of aliphatic carboxylic acids is 1. The van der Waals surface area contributed by atoms with Gasteiger partial charge < -0.3 is 20.0 Å². The van der Waals surface area contributed by atoms with Crippen LogP contribution in [0.2, 0.25) is 0 Å². The third kappa shape index (κ3) is 5.35. The average molecular weight is 340 g/mol. The Bertz CT molecular complexity index is 770. The molecule has 0 radical (unpaired) electrons. The van der Waals surface area contributed by atoms with Gasteiger partial charge in [-0.1, -0.05) is 24.3 Å². The van der Waals surface area contributed by atoms with Crippen LogP contribution >= 0.6 is 0 Å². The van der Waals surface area contributed by atoms with Gasteiger partial charge in [-0.2, -0.15) is 0 Å². The van der Waals surface area contributed by atoms with Gasteiger partial charge in [0.1, 0.15) is 5.75 Å². The van der Waals surface area contributed by atoms with Crippen LogP contribution < -0.4 is 15.2 Å². The summed E-state index contributed by atoms with van der Waals surface area (Å²) in [4.78, 5) is 23.7. The minimum Gasteiger partial charge on any atom is -0.550 e. The van der Waals surface area contributed by atoms with E-state index in [1.54, 1.807) is 19.2 Å². The topological polar surface area (TPSA) is 78.5 Å². The Balaban J connectivity index is 2.19. The molecule has 1 atom stereocenters. The number of aryl methyl sites for hydroxylation is 2. The minimum absolute atomic E-state index is 0.294. The molecule has 5 heteroatoms. The van der Waals surface area contributed by atoms with E-state index >= 15 is 0 Å². The second-order valence-corrected chi connectivity index (χ2v) is 6.14. The number of amides is 1. The molecule has 5 nitrogen and oxygen atoms in total. The van der Waals surface area contributed by atoms with Crippen LogP contribution in [0.1, 0.15) is 23.1 Å². The molecule has 0 bridgehead atoms. The lowest BCUT2D eigenvalue weighted by atomic mass is 9.95. The maximum absolute atomic E-state index is 12.6. The Hall–Kier alpha value is -2.82. The highest BCUT2D eigenvalue weighted by molar-refractivity contribution is 5.95. The van der Waals surface area contributed by atoms with Gasteiger partial charge in [-0.05, 0) is 61.6 Å². The Morgan fingerprint density at radius 3 is 2.60 bits per heavy atom. The molecule has 0 unspecified atom stereocenters. The number of methoxy groups -OCH3 is 1. The van der Waals surface area contributed by atoms with Crippen molar-refractivity contribution in [3.63, 3.8) is 0 Å². The zero-order chi connectivity index (χ0) is 18.4. The highest BCUT2D eigenvalue weighted by Gasteiger charge is 2.20. The Kier molecular flexibility index (Phi) is 6.17. The average Bonchev–Trinajstić information content (AvgIpc) is 2.57. The fraction of sp³-hybridized carbons (Fsp3) is 0.300. The summed E-state index contributed by atoms with van der Waals surface area (Å²) in [5.74, 6) is -1.64. The zero-order valence-electron chi connectivity index (χ0n) is 14.7. The van der Waals surface area contributed by atoms with Crippen molar-refractivity contribution < 1.29 is 19.4 Å². The number of nitrogens with one attached hydrogen (secondary N) is 1. The summed E-state index contributed by atoms with van der Waals surface area (Å²) >= 11 is 0. The molecule has 25 heavy (non-hydrogen) atoms. The van der Waals surface area contributed by atoms with Gasteiger partial charge in [0.2, 0.25) is 5.91 Å². The molecule has 1 amide bonds. The van der Waals surface area contributed by atoms with Crippen LogP contribution in [0.15, 0.2) is 42.5 Å². The maximum Gasteiger partial charge on any atom is 0.228 e. The summed E-state index contributed by atoms with van der Waals surface area (Å²) in [5, 5.41) is 13.9. The van der Waals surface area contributed by atoms with Crippen LogP contribution in [0.25, 0.3) is 0 Å². The monoisotopic (exact) mass is 340 g/mol. The summed E-state index contributed by atoms with van der Waals surface area (Å²) < 4.78 is 5.17. The van der Waals surface area contributed by atoms with Crippen LogP contribution in [0.5, 0.6) is 5.75 Å². The first kappa shape index (κ1) is 18.5. The standard InChI is InChI=1S/C20H23NO4/c1-13-7-8-14(2)18(9-13)21-20(24)16(12-19(22)23)10-15-5-4-6-17(11-15)25-3/h4-9,11,16H,10,12H2,1-3H3,(H,21,24)(H,22,23)/p-1/t16-/m0/s1. The first-order chi connectivity index (χ1) is 11.9. The molecule has 0 fully saturated rings. The van der Waals surface area contributed by atoms with E-state index in [1.807, 2.05) is 44.2 Å². The summed E-state index contributed by atoms with van der Waals surface area (Å²) in [7, 11) is 1.56. The number of carboxylic acids is 1. The summed E-state index contributed by atoms with van der Waals surface area (Å²) in [5.41, 5.74) is 3.47. The predicted octanol–water partition coefficient (Wildman–Crippen LogP) is 2.25. The van der Waals surface area contributed by atoms with Crippen molar-refractivity contribution in [2.24, 2.45) is 5.92 Å². The lowest BCUT2D eigenvalue weighted by molar-refractivity contribution is -0.306. The largest absolute Gasteiger partial charge is 0.550 e. The Morgan fingerprint density at radius 1 is 1.16 bits per heavy atom. The number of hydrogen-bond acceptors (Lipinski definition) is 4. The van der Waals surface area contributed by atoms with E-state index in [0.29, 0.717) is 17.9 Å². The van der Waals surface area contributed by atoms with Gasteiger partial charge in [0.25, 0.3) is 0 Å². The zero-order valence-corrected chi connectivity index (χ0v) is 14.7. The van der Waals surface area contributed by atoms with Gasteiger partial charge in [0.15, 0.2) is 0 Å². The third-order valence-electron chi connectivity index (χ3n) is 4.05. The lowest BCUT2D eigenvalue weighted by Crippen LogP contribution is -2.32. The van der Waals surface area contributed by atoms with E-state index in [0.717, 1.165) is 16.7 Å². The molecule has 0 saturated carbocycles. The molecular formula is C20H22NO4-. The highest BCUT2D eigenvalue weighted by atomic mass is 16.5. The van der Waals surface area contributed by atoms with Crippen molar-refractivity contribution in [1.29, 1.82) is 0 Å². The number of carboxylic acid groups (broad SMARTS) is 1. The second kappa shape index (κ2) is 8.33. The van der Waals surface area contributed by atoms with E-state index in [2.05, 4.69) is 5.32 Å². The quantitative estimate of drug-likeness (QED) is 0.838. The fourth-order valence-corrected chi connectivity index (χ4v) is 2.65. The maximum atomic E-state index is 12.6. The van der Waals surface area contributed by atoms with Crippen LogP contribution in [0.4, 0.5) is 5.69 Å².